The molecule has 0 saturated carbocycles. The summed E-state index contributed by atoms with van der Waals surface area (Å²) in [4.78, 5) is 8.84. The van der Waals surface area contributed by atoms with Crippen LogP contribution in [0, 0.1) is 0 Å². The first-order valence-electron chi connectivity index (χ1n) is 12.9. The second kappa shape index (κ2) is 12.3. The van der Waals surface area contributed by atoms with E-state index in [0.717, 1.165) is 44.5 Å². The fraction of sp³-hybridized carbons (Fsp3) is 0.250. The number of benzene rings is 4. The third kappa shape index (κ3) is 7.35. The van der Waals surface area contributed by atoms with Gasteiger partial charge in [0.05, 0.1) is 0 Å². The Morgan fingerprint density at radius 1 is 0.605 bits per heavy atom. The number of aliphatic imine (C=N–C) groups is 2. The zero-order valence-electron chi connectivity index (χ0n) is 22.5. The van der Waals surface area contributed by atoms with E-state index in [-0.39, 0.29) is 12.1 Å². The highest BCUT2D eigenvalue weighted by atomic mass is 16.5. The minimum absolute atomic E-state index is 0.143. The zero-order chi connectivity index (χ0) is 27.1. The van der Waals surface area contributed by atoms with Crippen LogP contribution in [0.2, 0.25) is 0 Å². The van der Waals surface area contributed by atoms with Crippen LogP contribution in [0.25, 0.3) is 10.8 Å². The number of nitrogens with zero attached hydrogens (tertiary/aromatic N) is 2. The number of hydrogen-bond acceptors (Lipinski definition) is 4. The van der Waals surface area contributed by atoms with E-state index in [4.69, 9.17) is 20.9 Å². The van der Waals surface area contributed by atoms with Gasteiger partial charge in [-0.05, 0) is 86.0 Å². The molecule has 0 fully saturated rings. The topological polar surface area (TPSA) is 95.2 Å². The Morgan fingerprint density at radius 3 is 1.42 bits per heavy atom. The fourth-order valence-corrected chi connectivity index (χ4v) is 4.05. The molecule has 0 spiro atoms. The van der Waals surface area contributed by atoms with E-state index in [1.54, 1.807) is 0 Å². The quantitative estimate of drug-likeness (QED) is 0.196. The highest BCUT2D eigenvalue weighted by Gasteiger charge is 2.06. The van der Waals surface area contributed by atoms with Crippen molar-refractivity contribution >= 4 is 22.4 Å². The third-order valence-corrected chi connectivity index (χ3v) is 5.83. The molecule has 0 aliphatic carbocycles. The van der Waals surface area contributed by atoms with Gasteiger partial charge in [0.15, 0.2) is 0 Å². The van der Waals surface area contributed by atoms with Gasteiger partial charge in [-0.15, -0.1) is 0 Å². The molecule has 6 nitrogen and oxygen atoms in total. The van der Waals surface area contributed by atoms with Crippen LogP contribution in [0.3, 0.4) is 0 Å². The first-order valence-corrected chi connectivity index (χ1v) is 12.9. The molecule has 0 unspecified atom stereocenters. The molecule has 0 amide bonds. The molecule has 0 aliphatic heterocycles. The number of rotatable bonds is 10. The molecule has 6 heteroatoms. The Labute approximate surface area is 225 Å². The van der Waals surface area contributed by atoms with Gasteiger partial charge < -0.3 is 20.9 Å². The van der Waals surface area contributed by atoms with Crippen LogP contribution in [-0.4, -0.2) is 23.8 Å². The number of nitrogens with two attached hydrogens (primary N) is 2. The Hall–Kier alpha value is -4.32. The van der Waals surface area contributed by atoms with Gasteiger partial charge in [0.25, 0.3) is 0 Å². The second-order valence-electron chi connectivity index (χ2n) is 9.87. The lowest BCUT2D eigenvalue weighted by Gasteiger charge is -2.11. The van der Waals surface area contributed by atoms with Gasteiger partial charge in [-0.1, -0.05) is 48.5 Å². The first-order chi connectivity index (χ1) is 18.3. The summed E-state index contributed by atoms with van der Waals surface area (Å²) in [7, 11) is 0. The first kappa shape index (κ1) is 26.7. The molecule has 0 radical (unpaired) electrons. The van der Waals surface area contributed by atoms with Crippen LogP contribution in [0.15, 0.2) is 94.9 Å². The molecule has 0 saturated heterocycles. The summed E-state index contributed by atoms with van der Waals surface area (Å²) in [5.74, 6) is 2.57. The molecular weight excluding hydrogens is 472 g/mol. The van der Waals surface area contributed by atoms with Crippen LogP contribution in [0.5, 0.6) is 11.5 Å². The summed E-state index contributed by atoms with van der Waals surface area (Å²) in [5, 5.41) is 2.30. The molecule has 0 aliphatic rings. The van der Waals surface area contributed by atoms with E-state index >= 15 is 0 Å². The fourth-order valence-electron chi connectivity index (χ4n) is 4.05. The lowest BCUT2D eigenvalue weighted by Crippen LogP contribution is -2.15. The monoisotopic (exact) mass is 508 g/mol. The van der Waals surface area contributed by atoms with Crippen molar-refractivity contribution in [1.82, 2.24) is 0 Å². The van der Waals surface area contributed by atoms with Crippen molar-refractivity contribution in [3.05, 3.63) is 107 Å². The highest BCUT2D eigenvalue weighted by Crippen LogP contribution is 2.22. The van der Waals surface area contributed by atoms with Crippen LogP contribution < -0.4 is 20.9 Å². The van der Waals surface area contributed by atoms with Gasteiger partial charge in [0.1, 0.15) is 36.4 Å². The maximum atomic E-state index is 6.11. The molecule has 38 heavy (non-hydrogen) atoms. The van der Waals surface area contributed by atoms with Gasteiger partial charge in [-0.2, -0.15) is 0 Å². The Morgan fingerprint density at radius 2 is 1.03 bits per heavy atom. The summed E-state index contributed by atoms with van der Waals surface area (Å²) >= 11 is 0. The normalized spacial score (nSPS) is 12.4. The maximum absolute atomic E-state index is 6.11. The molecule has 0 heterocycles. The van der Waals surface area contributed by atoms with Crippen LogP contribution >= 0.6 is 0 Å². The van der Waals surface area contributed by atoms with Crippen molar-refractivity contribution in [1.29, 1.82) is 0 Å². The van der Waals surface area contributed by atoms with Gasteiger partial charge in [0, 0.05) is 23.2 Å². The van der Waals surface area contributed by atoms with Crippen molar-refractivity contribution in [2.24, 2.45) is 21.5 Å². The van der Waals surface area contributed by atoms with Gasteiger partial charge in [-0.3, -0.25) is 9.98 Å². The largest absolute Gasteiger partial charge is 0.489 e. The van der Waals surface area contributed by atoms with Crippen molar-refractivity contribution < 1.29 is 9.47 Å². The van der Waals surface area contributed by atoms with E-state index in [1.165, 1.54) is 0 Å². The predicted molar refractivity (Wildman–Crippen MR) is 157 cm³/mol. The smallest absolute Gasteiger partial charge is 0.126 e. The molecule has 4 aromatic rings. The number of ether oxygens (including phenoxy) is 2. The lowest BCUT2D eigenvalue weighted by molar-refractivity contribution is 0.306. The number of amidine groups is 2. The van der Waals surface area contributed by atoms with Crippen molar-refractivity contribution in [2.45, 2.75) is 53.0 Å². The van der Waals surface area contributed by atoms with E-state index in [9.17, 15) is 0 Å². The average Bonchev–Trinajstić information content (AvgIpc) is 2.90. The Balaban J connectivity index is 1.39. The SMILES string of the molecule is CC(C)N=C(N)c1cccc(OCc2ccc3cc(COc4cccc(C(N)=NC(C)C)c4)ccc3c2)c1. The Kier molecular flexibility index (Phi) is 8.64. The minimum Gasteiger partial charge on any atom is -0.489 e. The van der Waals surface area contributed by atoms with Crippen molar-refractivity contribution in [2.75, 3.05) is 0 Å². The minimum atomic E-state index is 0.143. The summed E-state index contributed by atoms with van der Waals surface area (Å²) in [6, 6.07) is 28.5. The van der Waals surface area contributed by atoms with Gasteiger partial charge >= 0.3 is 0 Å². The molecule has 4 N–H and O–H groups in total. The molecule has 0 atom stereocenters. The van der Waals surface area contributed by atoms with E-state index in [0.29, 0.717) is 24.9 Å². The molecule has 4 rings (SSSR count). The number of fused-ring (bicyclic) bond motifs is 1. The van der Waals surface area contributed by atoms with E-state index in [2.05, 4.69) is 46.4 Å². The van der Waals surface area contributed by atoms with E-state index in [1.807, 2.05) is 76.2 Å². The predicted octanol–water partition coefficient (Wildman–Crippen LogP) is 6.23. The number of hydrogen-bond donors (Lipinski definition) is 2. The zero-order valence-corrected chi connectivity index (χ0v) is 22.5. The molecular formula is C32H36N4O2. The molecule has 0 bridgehead atoms. The second-order valence-corrected chi connectivity index (χ2v) is 9.87. The maximum Gasteiger partial charge on any atom is 0.126 e. The summed E-state index contributed by atoms with van der Waals surface area (Å²) in [6.07, 6.45) is 0. The Bertz CT molecular complexity index is 1350. The summed E-state index contributed by atoms with van der Waals surface area (Å²) < 4.78 is 12.1. The van der Waals surface area contributed by atoms with Crippen molar-refractivity contribution in [3.63, 3.8) is 0 Å². The molecule has 4 aromatic carbocycles. The van der Waals surface area contributed by atoms with Crippen LogP contribution in [0.4, 0.5) is 0 Å². The molecule has 0 aromatic heterocycles. The summed E-state index contributed by atoms with van der Waals surface area (Å²) in [5.41, 5.74) is 16.1. The van der Waals surface area contributed by atoms with Crippen LogP contribution in [0.1, 0.15) is 49.9 Å². The summed E-state index contributed by atoms with van der Waals surface area (Å²) in [6.45, 7) is 8.94. The third-order valence-electron chi connectivity index (χ3n) is 5.83. The van der Waals surface area contributed by atoms with E-state index < -0.39 is 0 Å². The standard InChI is InChI=1S/C32H36N4O2/c1-21(2)35-31(33)27-7-5-9-29(17-27)37-19-23-11-13-26-16-24(12-14-25(26)15-23)20-38-30-10-6-8-28(18-30)32(34)36-22(3)4/h5-18,21-22H,19-20H2,1-4H3,(H2,33,35)(H2,34,36). The van der Waals surface area contributed by atoms with Crippen LogP contribution in [-0.2, 0) is 13.2 Å². The molecule has 196 valence electrons. The lowest BCUT2D eigenvalue weighted by atomic mass is 10.0. The van der Waals surface area contributed by atoms with Crippen molar-refractivity contribution in [3.8, 4) is 11.5 Å². The highest BCUT2D eigenvalue weighted by molar-refractivity contribution is 5.98. The van der Waals surface area contributed by atoms with Gasteiger partial charge in [0.2, 0.25) is 0 Å². The van der Waals surface area contributed by atoms with Gasteiger partial charge in [-0.25, -0.2) is 0 Å². The average molecular weight is 509 g/mol.